The van der Waals surface area contributed by atoms with Crippen LogP contribution in [0.5, 0.6) is 5.75 Å². The summed E-state index contributed by atoms with van der Waals surface area (Å²) >= 11 is 0. The molecule has 1 aliphatic rings. The molecule has 0 amide bonds. The van der Waals surface area contributed by atoms with Crippen molar-refractivity contribution in [2.75, 3.05) is 24.5 Å². The van der Waals surface area contributed by atoms with Crippen molar-refractivity contribution >= 4 is 16.6 Å². The van der Waals surface area contributed by atoms with Crippen LogP contribution < -0.4 is 15.0 Å². The van der Waals surface area contributed by atoms with Crippen LogP contribution in [0.15, 0.2) is 66.9 Å². The van der Waals surface area contributed by atoms with E-state index in [1.807, 2.05) is 30.3 Å². The van der Waals surface area contributed by atoms with E-state index in [1.54, 1.807) is 6.20 Å². The molecule has 116 valence electrons. The zero-order chi connectivity index (χ0) is 15.5. The van der Waals surface area contributed by atoms with Gasteiger partial charge in [-0.3, -0.25) is 10.3 Å². The minimum absolute atomic E-state index is 0.0326. The summed E-state index contributed by atoms with van der Waals surface area (Å²) in [6, 6.07) is 20.5. The number of ether oxygens (including phenoxy) is 1. The molecule has 0 aliphatic carbocycles. The molecule has 0 saturated carbocycles. The molecule has 2 heterocycles. The third-order valence-electron chi connectivity index (χ3n) is 4.14. The van der Waals surface area contributed by atoms with Gasteiger partial charge in [-0.1, -0.05) is 30.3 Å². The number of anilines is 1. The van der Waals surface area contributed by atoms with Crippen LogP contribution in [-0.4, -0.2) is 30.8 Å². The first-order valence-corrected chi connectivity index (χ1v) is 7.94. The number of rotatable bonds is 3. The van der Waals surface area contributed by atoms with E-state index in [9.17, 15) is 0 Å². The number of pyridine rings is 1. The van der Waals surface area contributed by atoms with E-state index in [0.717, 1.165) is 36.3 Å². The number of nitrogens with zero attached hydrogens (tertiary/aromatic N) is 2. The van der Waals surface area contributed by atoms with Gasteiger partial charge in [0, 0.05) is 30.4 Å². The Bertz CT molecular complexity index is 785. The molecule has 1 unspecified atom stereocenters. The van der Waals surface area contributed by atoms with Crippen LogP contribution in [-0.2, 0) is 0 Å². The maximum absolute atomic E-state index is 6.23. The molecule has 0 radical (unpaired) electrons. The second kappa shape index (κ2) is 6.26. The maximum Gasteiger partial charge on any atom is 0.167 e. The summed E-state index contributed by atoms with van der Waals surface area (Å²) in [5.74, 6) is 0.878. The molecule has 1 aliphatic heterocycles. The molecule has 1 N–H and O–H groups in total. The van der Waals surface area contributed by atoms with E-state index in [4.69, 9.17) is 4.74 Å². The summed E-state index contributed by atoms with van der Waals surface area (Å²) in [5, 5.41) is 4.50. The summed E-state index contributed by atoms with van der Waals surface area (Å²) in [6.45, 7) is 2.71. The monoisotopic (exact) mass is 305 g/mol. The van der Waals surface area contributed by atoms with Crippen molar-refractivity contribution in [2.45, 2.75) is 6.23 Å². The lowest BCUT2D eigenvalue weighted by Crippen LogP contribution is -2.53. The van der Waals surface area contributed by atoms with Crippen LogP contribution in [0.3, 0.4) is 0 Å². The van der Waals surface area contributed by atoms with E-state index >= 15 is 0 Å². The first-order valence-electron chi connectivity index (χ1n) is 7.94. The molecular formula is C19H19N3O. The van der Waals surface area contributed by atoms with Crippen molar-refractivity contribution in [3.63, 3.8) is 0 Å². The highest BCUT2D eigenvalue weighted by Crippen LogP contribution is 2.25. The third-order valence-corrected chi connectivity index (χ3v) is 4.14. The fraction of sp³-hybridized carbons (Fsp3) is 0.211. The first-order chi connectivity index (χ1) is 11.4. The summed E-state index contributed by atoms with van der Waals surface area (Å²) in [6.07, 6.45) is 1.77. The van der Waals surface area contributed by atoms with Gasteiger partial charge in [-0.2, -0.15) is 0 Å². The predicted molar refractivity (Wildman–Crippen MR) is 92.8 cm³/mol. The topological polar surface area (TPSA) is 37.4 Å². The van der Waals surface area contributed by atoms with Crippen molar-refractivity contribution in [3.05, 3.63) is 66.9 Å². The Morgan fingerprint density at radius 1 is 1.00 bits per heavy atom. The minimum atomic E-state index is -0.0326. The van der Waals surface area contributed by atoms with Gasteiger partial charge in [-0.25, -0.2) is 0 Å². The molecule has 4 nitrogen and oxygen atoms in total. The van der Waals surface area contributed by atoms with E-state index in [1.165, 1.54) is 5.69 Å². The summed E-state index contributed by atoms with van der Waals surface area (Å²) < 4.78 is 6.23. The molecular weight excluding hydrogens is 286 g/mol. The third kappa shape index (κ3) is 2.98. The number of fused-ring (bicyclic) bond motifs is 1. The van der Waals surface area contributed by atoms with Crippen molar-refractivity contribution < 1.29 is 4.74 Å². The zero-order valence-corrected chi connectivity index (χ0v) is 12.9. The Balaban J connectivity index is 1.54. The minimum Gasteiger partial charge on any atom is -0.473 e. The molecule has 4 rings (SSSR count). The molecule has 4 heteroatoms. The Kier molecular flexibility index (Phi) is 3.82. The van der Waals surface area contributed by atoms with Gasteiger partial charge in [0.1, 0.15) is 5.75 Å². The van der Waals surface area contributed by atoms with Gasteiger partial charge in [0.2, 0.25) is 0 Å². The van der Waals surface area contributed by atoms with Gasteiger partial charge >= 0.3 is 0 Å². The predicted octanol–water partition coefficient (Wildman–Crippen LogP) is 3.05. The van der Waals surface area contributed by atoms with Crippen LogP contribution in [0.2, 0.25) is 0 Å². The Morgan fingerprint density at radius 2 is 1.83 bits per heavy atom. The fourth-order valence-corrected chi connectivity index (χ4v) is 2.99. The Labute approximate surface area is 135 Å². The van der Waals surface area contributed by atoms with Crippen LogP contribution in [0.1, 0.15) is 0 Å². The standard InChI is InChI=1S/C19H19N3O/c1-2-6-15(7-3-1)22-13-12-21-19(14-22)23-18-10-11-20-17-9-5-4-8-16(17)18/h1-11,19,21H,12-14H2. The SMILES string of the molecule is c1ccc(N2CCNC(Oc3ccnc4ccccc34)C2)cc1. The highest BCUT2D eigenvalue weighted by molar-refractivity contribution is 5.84. The molecule has 1 atom stereocenters. The second-order valence-electron chi connectivity index (χ2n) is 5.67. The smallest absolute Gasteiger partial charge is 0.167 e. The molecule has 1 fully saturated rings. The molecule has 0 spiro atoms. The summed E-state index contributed by atoms with van der Waals surface area (Å²) in [5.41, 5.74) is 2.20. The quantitative estimate of drug-likeness (QED) is 0.807. The average Bonchev–Trinajstić information content (AvgIpc) is 2.63. The van der Waals surface area contributed by atoms with E-state index in [-0.39, 0.29) is 6.23 Å². The number of benzene rings is 2. The van der Waals surface area contributed by atoms with Gasteiger partial charge in [0.15, 0.2) is 6.23 Å². The number of nitrogens with one attached hydrogen (secondary N) is 1. The van der Waals surface area contributed by atoms with Gasteiger partial charge in [0.05, 0.1) is 12.1 Å². The Hall–Kier alpha value is -2.59. The van der Waals surface area contributed by atoms with E-state index in [2.05, 4.69) is 45.5 Å². The molecule has 1 aromatic heterocycles. The van der Waals surface area contributed by atoms with Crippen LogP contribution in [0, 0.1) is 0 Å². The van der Waals surface area contributed by atoms with Crippen molar-refractivity contribution in [2.24, 2.45) is 0 Å². The largest absolute Gasteiger partial charge is 0.473 e. The molecule has 3 aromatic rings. The Morgan fingerprint density at radius 3 is 2.74 bits per heavy atom. The number of aromatic nitrogens is 1. The number of para-hydroxylation sites is 2. The molecule has 0 bridgehead atoms. The van der Waals surface area contributed by atoms with Gasteiger partial charge in [-0.05, 0) is 30.3 Å². The number of hydrogen-bond acceptors (Lipinski definition) is 4. The van der Waals surface area contributed by atoms with E-state index in [0.29, 0.717) is 0 Å². The lowest BCUT2D eigenvalue weighted by molar-refractivity contribution is 0.158. The van der Waals surface area contributed by atoms with Crippen molar-refractivity contribution in [1.29, 1.82) is 0 Å². The second-order valence-corrected chi connectivity index (χ2v) is 5.67. The van der Waals surface area contributed by atoms with Crippen molar-refractivity contribution in [3.8, 4) is 5.75 Å². The van der Waals surface area contributed by atoms with Gasteiger partial charge in [0.25, 0.3) is 0 Å². The maximum atomic E-state index is 6.23. The fourth-order valence-electron chi connectivity index (χ4n) is 2.99. The normalized spacial score (nSPS) is 18.1. The van der Waals surface area contributed by atoms with Gasteiger partial charge < -0.3 is 9.64 Å². The lowest BCUT2D eigenvalue weighted by atomic mass is 10.2. The van der Waals surface area contributed by atoms with Crippen LogP contribution in [0.25, 0.3) is 10.9 Å². The lowest BCUT2D eigenvalue weighted by Gasteiger charge is -2.35. The number of hydrogen-bond donors (Lipinski definition) is 1. The molecule has 1 saturated heterocycles. The highest BCUT2D eigenvalue weighted by atomic mass is 16.5. The summed E-state index contributed by atoms with van der Waals surface area (Å²) in [4.78, 5) is 6.74. The van der Waals surface area contributed by atoms with E-state index < -0.39 is 0 Å². The zero-order valence-electron chi connectivity index (χ0n) is 12.9. The first kappa shape index (κ1) is 14.0. The highest BCUT2D eigenvalue weighted by Gasteiger charge is 2.21. The molecule has 2 aromatic carbocycles. The number of piperazine rings is 1. The van der Waals surface area contributed by atoms with Gasteiger partial charge in [-0.15, -0.1) is 0 Å². The van der Waals surface area contributed by atoms with Crippen LogP contribution >= 0.6 is 0 Å². The average molecular weight is 305 g/mol. The van der Waals surface area contributed by atoms with Crippen LogP contribution in [0.4, 0.5) is 5.69 Å². The molecule has 23 heavy (non-hydrogen) atoms. The van der Waals surface area contributed by atoms with Crippen molar-refractivity contribution in [1.82, 2.24) is 10.3 Å². The summed E-state index contributed by atoms with van der Waals surface area (Å²) in [7, 11) is 0.